The van der Waals surface area contributed by atoms with Gasteiger partial charge in [-0.2, -0.15) is 0 Å². The first-order valence-electron chi connectivity index (χ1n) is 16.0. The van der Waals surface area contributed by atoms with Gasteiger partial charge in [-0.1, -0.05) is 121 Å². The summed E-state index contributed by atoms with van der Waals surface area (Å²) in [7, 11) is 0. The van der Waals surface area contributed by atoms with E-state index < -0.39 is 0 Å². The number of rotatable bonds is 2. The highest BCUT2D eigenvalue weighted by Gasteiger charge is 2.26. The maximum absolute atomic E-state index is 2.49. The highest BCUT2D eigenvalue weighted by Crippen LogP contribution is 2.52. The predicted octanol–water partition coefficient (Wildman–Crippen LogP) is 11.8. The fourth-order valence-electron chi connectivity index (χ4n) is 8.35. The summed E-state index contributed by atoms with van der Waals surface area (Å²) in [5, 5.41) is 10.3. The predicted molar refractivity (Wildman–Crippen MR) is 195 cm³/mol. The van der Waals surface area contributed by atoms with Crippen molar-refractivity contribution in [3.05, 3.63) is 158 Å². The van der Waals surface area contributed by atoms with Gasteiger partial charge >= 0.3 is 0 Å². The molecule has 1 aliphatic rings. The summed E-state index contributed by atoms with van der Waals surface area (Å²) in [6.45, 7) is 0. The van der Waals surface area contributed by atoms with Crippen molar-refractivity contribution in [2.24, 2.45) is 0 Å². The number of hydrogen-bond donors (Lipinski definition) is 0. The Morgan fingerprint density at radius 3 is 1.57 bits per heavy atom. The lowest BCUT2D eigenvalue weighted by Crippen LogP contribution is -1.98. The molecule has 0 unspecified atom stereocenters. The minimum absolute atomic E-state index is 1.16. The van der Waals surface area contributed by atoms with Crippen LogP contribution in [0.1, 0.15) is 0 Å². The van der Waals surface area contributed by atoms with Gasteiger partial charge in [0, 0.05) is 43.9 Å². The molecule has 11 rings (SSSR count). The largest absolute Gasteiger partial charge is 0.309 e. The molecule has 0 saturated heterocycles. The molecule has 0 aliphatic heterocycles. The van der Waals surface area contributed by atoms with Gasteiger partial charge in [0.2, 0.25) is 0 Å². The van der Waals surface area contributed by atoms with Crippen LogP contribution in [0.4, 0.5) is 0 Å². The van der Waals surface area contributed by atoms with Crippen molar-refractivity contribution >= 4 is 65.2 Å². The Morgan fingerprint density at radius 1 is 0.304 bits per heavy atom. The number of fused-ring (bicyclic) bond motifs is 12. The monoisotopic (exact) mass is 582 g/mol. The number of aromatic nitrogens is 2. The summed E-state index contributed by atoms with van der Waals surface area (Å²) in [6.07, 6.45) is 0. The third kappa shape index (κ3) is 3.01. The maximum Gasteiger partial charge on any atom is 0.0625 e. The maximum atomic E-state index is 2.49. The van der Waals surface area contributed by atoms with Crippen LogP contribution >= 0.6 is 0 Å². The highest BCUT2D eigenvalue weighted by atomic mass is 15.0. The van der Waals surface area contributed by atoms with Crippen LogP contribution in [0.25, 0.3) is 98.8 Å². The van der Waals surface area contributed by atoms with Gasteiger partial charge in [-0.3, -0.25) is 0 Å². The zero-order valence-electron chi connectivity index (χ0n) is 24.9. The van der Waals surface area contributed by atoms with E-state index in [9.17, 15) is 0 Å². The van der Waals surface area contributed by atoms with Gasteiger partial charge in [-0.15, -0.1) is 0 Å². The second-order valence-electron chi connectivity index (χ2n) is 12.5. The molecule has 2 heteroatoms. The minimum atomic E-state index is 1.16. The van der Waals surface area contributed by atoms with Crippen LogP contribution in [0.5, 0.6) is 0 Å². The molecular weight excluding hydrogens is 556 g/mol. The lowest BCUT2D eigenvalue weighted by Gasteiger charge is -2.14. The van der Waals surface area contributed by atoms with E-state index in [1.165, 1.54) is 87.4 Å². The van der Waals surface area contributed by atoms with Crippen LogP contribution in [0.15, 0.2) is 158 Å². The Labute approximate surface area is 265 Å². The van der Waals surface area contributed by atoms with Crippen molar-refractivity contribution in [1.82, 2.24) is 9.13 Å². The van der Waals surface area contributed by atoms with E-state index in [2.05, 4.69) is 167 Å². The molecule has 2 heterocycles. The van der Waals surface area contributed by atoms with Gasteiger partial charge in [0.1, 0.15) is 0 Å². The Morgan fingerprint density at radius 2 is 0.848 bits per heavy atom. The average Bonchev–Trinajstić information content (AvgIpc) is 3.76. The molecule has 0 fully saturated rings. The van der Waals surface area contributed by atoms with Gasteiger partial charge in [-0.25, -0.2) is 0 Å². The average molecular weight is 583 g/mol. The molecule has 212 valence electrons. The van der Waals surface area contributed by atoms with E-state index in [0.717, 1.165) is 11.4 Å². The molecule has 0 radical (unpaired) electrons. The normalized spacial score (nSPS) is 12.3. The van der Waals surface area contributed by atoms with Crippen LogP contribution in [0.2, 0.25) is 0 Å². The second kappa shape index (κ2) is 8.74. The summed E-state index contributed by atoms with van der Waals surface area (Å²) in [4.78, 5) is 0. The van der Waals surface area contributed by atoms with Crippen LogP contribution in [0, 0.1) is 0 Å². The SMILES string of the molecule is c1cc2c3c(cccc3c1)-c1c-2ccc2c3ccccc3n(-c3ccc(-n4c5ccccc5c5ccc6ccccc6c54)cc3)c12. The molecule has 0 amide bonds. The zero-order chi connectivity index (χ0) is 29.9. The highest BCUT2D eigenvalue weighted by molar-refractivity contribution is 6.25. The molecule has 0 saturated carbocycles. The first-order chi connectivity index (χ1) is 22.8. The third-order valence-corrected chi connectivity index (χ3v) is 10.2. The number of benzene rings is 8. The van der Waals surface area contributed by atoms with Crippen LogP contribution in [0.3, 0.4) is 0 Å². The van der Waals surface area contributed by atoms with Crippen molar-refractivity contribution in [2.75, 3.05) is 0 Å². The quantitative estimate of drug-likeness (QED) is 0.192. The molecule has 2 nitrogen and oxygen atoms in total. The summed E-state index contributed by atoms with van der Waals surface area (Å²) in [6, 6.07) is 58.2. The topological polar surface area (TPSA) is 9.86 Å². The Kier molecular flexibility index (Phi) is 4.61. The van der Waals surface area contributed by atoms with E-state index >= 15 is 0 Å². The van der Waals surface area contributed by atoms with E-state index in [1.54, 1.807) is 0 Å². The van der Waals surface area contributed by atoms with E-state index in [4.69, 9.17) is 0 Å². The van der Waals surface area contributed by atoms with Gasteiger partial charge < -0.3 is 9.13 Å². The summed E-state index contributed by atoms with van der Waals surface area (Å²) in [5.74, 6) is 0. The molecule has 46 heavy (non-hydrogen) atoms. The number of para-hydroxylation sites is 2. The van der Waals surface area contributed by atoms with Crippen LogP contribution < -0.4 is 0 Å². The molecule has 10 aromatic rings. The van der Waals surface area contributed by atoms with Crippen molar-refractivity contribution < 1.29 is 0 Å². The van der Waals surface area contributed by atoms with Crippen molar-refractivity contribution in [2.45, 2.75) is 0 Å². The minimum Gasteiger partial charge on any atom is -0.309 e. The van der Waals surface area contributed by atoms with Crippen LogP contribution in [-0.2, 0) is 0 Å². The van der Waals surface area contributed by atoms with Crippen molar-refractivity contribution in [1.29, 1.82) is 0 Å². The van der Waals surface area contributed by atoms with Gasteiger partial charge in [0.25, 0.3) is 0 Å². The van der Waals surface area contributed by atoms with Gasteiger partial charge in [0.05, 0.1) is 22.1 Å². The molecule has 1 aliphatic carbocycles. The van der Waals surface area contributed by atoms with Gasteiger partial charge in [0.15, 0.2) is 0 Å². The Hall–Kier alpha value is -6.12. The zero-order valence-corrected chi connectivity index (χ0v) is 24.9. The molecule has 2 aromatic heterocycles. The first-order valence-corrected chi connectivity index (χ1v) is 16.0. The summed E-state index contributed by atoms with van der Waals surface area (Å²) >= 11 is 0. The van der Waals surface area contributed by atoms with Crippen molar-refractivity contribution in [3.63, 3.8) is 0 Å². The lowest BCUT2D eigenvalue weighted by atomic mass is 10.0. The molecule has 0 atom stereocenters. The molecule has 0 spiro atoms. The molecule has 0 N–H and O–H groups in total. The van der Waals surface area contributed by atoms with E-state index in [1.807, 2.05) is 0 Å². The number of hydrogen-bond acceptors (Lipinski definition) is 0. The fraction of sp³-hybridized carbons (Fsp3) is 0. The first kappa shape index (κ1) is 24.2. The Balaban J connectivity index is 1.20. The third-order valence-electron chi connectivity index (χ3n) is 10.2. The van der Waals surface area contributed by atoms with Crippen molar-refractivity contribution in [3.8, 4) is 33.6 Å². The van der Waals surface area contributed by atoms with Gasteiger partial charge in [-0.05, 0) is 69.2 Å². The molecule has 8 aromatic carbocycles. The summed E-state index contributed by atoms with van der Waals surface area (Å²) < 4.78 is 4.93. The molecular formula is C44H26N2. The van der Waals surface area contributed by atoms with Crippen LogP contribution in [-0.4, -0.2) is 9.13 Å². The lowest BCUT2D eigenvalue weighted by molar-refractivity contribution is 1.15. The smallest absolute Gasteiger partial charge is 0.0625 e. The molecule has 0 bridgehead atoms. The van der Waals surface area contributed by atoms with E-state index in [-0.39, 0.29) is 0 Å². The fourth-order valence-corrected chi connectivity index (χ4v) is 8.35. The van der Waals surface area contributed by atoms with E-state index in [0.29, 0.717) is 0 Å². The second-order valence-corrected chi connectivity index (χ2v) is 12.5. The Bertz CT molecular complexity index is 2890. The summed E-state index contributed by atoms with van der Waals surface area (Å²) in [5.41, 5.74) is 12.6. The number of nitrogens with zero attached hydrogens (tertiary/aromatic N) is 2. The standard InChI is InChI=1S/C44H26N2/c1-2-12-31-27(9-1)19-24-36-32-13-3-5-17-39(32)45(43(31)36)29-20-22-30(23-21-29)46-40-18-6-4-14-33(40)37-26-25-35-34-15-7-10-28-11-8-16-38(41(28)34)42(35)44(37)46/h1-26H.